The van der Waals surface area contributed by atoms with E-state index >= 15 is 0 Å². The van der Waals surface area contributed by atoms with Gasteiger partial charge in [-0.3, -0.25) is 0 Å². The third-order valence-corrected chi connectivity index (χ3v) is 2.67. The van der Waals surface area contributed by atoms with Crippen LogP contribution in [0.5, 0.6) is 5.88 Å². The second-order valence-corrected chi connectivity index (χ2v) is 4.55. The van der Waals surface area contributed by atoms with Crippen LogP contribution in [-0.2, 0) is 13.0 Å². The van der Waals surface area contributed by atoms with Crippen LogP contribution >= 0.6 is 0 Å². The van der Waals surface area contributed by atoms with Crippen LogP contribution in [0.1, 0.15) is 37.9 Å². The van der Waals surface area contributed by atoms with Crippen LogP contribution in [-0.4, -0.2) is 24.3 Å². The first-order valence-electron chi connectivity index (χ1n) is 6.84. The number of hydrogen-bond donors (Lipinski definition) is 1. The fraction of sp³-hybridized carbons (Fsp3) is 0.643. The largest absolute Gasteiger partial charge is 0.477 e. The summed E-state index contributed by atoms with van der Waals surface area (Å²) < 4.78 is 41.3. The maximum absolute atomic E-state index is 12.1. The molecule has 0 unspecified atom stereocenters. The molecular formula is C14H21F3N2O. The van der Waals surface area contributed by atoms with E-state index < -0.39 is 19.2 Å². The molecule has 0 saturated carbocycles. The molecule has 6 heteroatoms. The fourth-order valence-corrected chi connectivity index (χ4v) is 1.66. The van der Waals surface area contributed by atoms with Gasteiger partial charge in [-0.15, -0.1) is 0 Å². The molecule has 1 N–H and O–H groups in total. The second kappa shape index (κ2) is 8.09. The molecule has 1 rings (SSSR count). The molecule has 20 heavy (non-hydrogen) atoms. The molecule has 0 atom stereocenters. The number of halogens is 3. The molecule has 1 aromatic rings. The van der Waals surface area contributed by atoms with Crippen molar-refractivity contribution in [3.63, 3.8) is 0 Å². The van der Waals surface area contributed by atoms with Crippen LogP contribution in [0.25, 0.3) is 0 Å². The summed E-state index contributed by atoms with van der Waals surface area (Å²) in [5.41, 5.74) is 1.80. The number of ether oxygens (including phenoxy) is 1. The Morgan fingerprint density at radius 2 is 2.00 bits per heavy atom. The van der Waals surface area contributed by atoms with Gasteiger partial charge in [-0.1, -0.05) is 13.8 Å². The molecule has 1 heterocycles. The van der Waals surface area contributed by atoms with Gasteiger partial charge in [0.05, 0.1) is 13.0 Å². The Balaban J connectivity index is 2.62. The molecule has 0 radical (unpaired) electrons. The monoisotopic (exact) mass is 290 g/mol. The summed E-state index contributed by atoms with van der Waals surface area (Å²) in [6.07, 6.45) is -3.42. The van der Waals surface area contributed by atoms with E-state index in [4.69, 9.17) is 4.74 Å². The van der Waals surface area contributed by atoms with Crippen LogP contribution in [0.2, 0.25) is 0 Å². The van der Waals surface area contributed by atoms with Crippen molar-refractivity contribution in [2.24, 2.45) is 0 Å². The molecule has 0 saturated heterocycles. The molecule has 0 fully saturated rings. The average Bonchev–Trinajstić information content (AvgIpc) is 2.37. The van der Waals surface area contributed by atoms with Crippen molar-refractivity contribution in [3.05, 3.63) is 23.4 Å². The fourth-order valence-electron chi connectivity index (χ4n) is 1.66. The molecule has 0 aliphatic rings. The van der Waals surface area contributed by atoms with E-state index in [9.17, 15) is 13.2 Å². The van der Waals surface area contributed by atoms with Crippen molar-refractivity contribution < 1.29 is 17.9 Å². The quantitative estimate of drug-likeness (QED) is 0.744. The number of nitrogens with one attached hydrogen (secondary N) is 1. The van der Waals surface area contributed by atoms with E-state index in [1.165, 1.54) is 0 Å². The van der Waals surface area contributed by atoms with Crippen molar-refractivity contribution in [3.8, 4) is 5.88 Å². The van der Waals surface area contributed by atoms with Gasteiger partial charge in [-0.2, -0.15) is 13.2 Å². The molecule has 3 nitrogen and oxygen atoms in total. The summed E-state index contributed by atoms with van der Waals surface area (Å²) >= 11 is 0. The van der Waals surface area contributed by atoms with Crippen molar-refractivity contribution in [2.75, 3.05) is 13.2 Å². The summed E-state index contributed by atoms with van der Waals surface area (Å²) in [4.78, 5) is 4.18. The maximum atomic E-state index is 12.1. The Kier molecular flexibility index (Phi) is 6.78. The number of aryl methyl sites for hydroxylation is 1. The molecule has 0 aliphatic carbocycles. The van der Waals surface area contributed by atoms with Crippen molar-refractivity contribution in [1.82, 2.24) is 10.3 Å². The van der Waals surface area contributed by atoms with Crippen molar-refractivity contribution in [1.29, 1.82) is 0 Å². The highest BCUT2D eigenvalue weighted by molar-refractivity contribution is 5.25. The van der Waals surface area contributed by atoms with E-state index in [0.717, 1.165) is 30.6 Å². The van der Waals surface area contributed by atoms with Crippen LogP contribution in [0.4, 0.5) is 13.2 Å². The lowest BCUT2D eigenvalue weighted by molar-refractivity contribution is -0.139. The summed E-state index contributed by atoms with van der Waals surface area (Å²) in [6, 6.07) is 3.64. The van der Waals surface area contributed by atoms with Crippen LogP contribution < -0.4 is 10.1 Å². The number of pyridine rings is 1. The highest BCUT2D eigenvalue weighted by Gasteiger charge is 2.26. The summed E-state index contributed by atoms with van der Waals surface area (Å²) in [5.74, 6) is 0.266. The first-order valence-corrected chi connectivity index (χ1v) is 6.84. The molecule has 0 amide bonds. The molecule has 0 spiro atoms. The van der Waals surface area contributed by atoms with Gasteiger partial charge in [-0.25, -0.2) is 4.98 Å². The van der Waals surface area contributed by atoms with E-state index in [-0.39, 0.29) is 5.88 Å². The van der Waals surface area contributed by atoms with Gasteiger partial charge in [0.15, 0.2) is 0 Å². The zero-order chi connectivity index (χ0) is 15.0. The van der Waals surface area contributed by atoms with Gasteiger partial charge in [0.2, 0.25) is 5.88 Å². The third kappa shape index (κ3) is 6.75. The topological polar surface area (TPSA) is 34.2 Å². The lowest BCUT2D eigenvalue weighted by Crippen LogP contribution is -2.15. The normalized spacial score (nSPS) is 11.7. The van der Waals surface area contributed by atoms with Crippen LogP contribution in [0.3, 0.4) is 0 Å². The van der Waals surface area contributed by atoms with Crippen LogP contribution in [0.15, 0.2) is 12.1 Å². The highest BCUT2D eigenvalue weighted by Crippen LogP contribution is 2.20. The molecule has 0 bridgehead atoms. The number of rotatable bonds is 8. The Morgan fingerprint density at radius 1 is 1.25 bits per heavy atom. The molecule has 1 aromatic heterocycles. The van der Waals surface area contributed by atoms with Gasteiger partial charge in [-0.05, 0) is 31.0 Å². The maximum Gasteiger partial charge on any atom is 0.392 e. The number of aromatic nitrogens is 1. The number of alkyl halides is 3. The van der Waals surface area contributed by atoms with Gasteiger partial charge in [0.1, 0.15) is 0 Å². The standard InChI is InChI=1S/C14H21F3N2O/c1-3-6-18-10-11-8-12(4-2)19-13(9-11)20-7-5-14(15,16)17/h8-9,18H,3-7,10H2,1-2H3. The van der Waals surface area contributed by atoms with E-state index in [0.29, 0.717) is 6.54 Å². The number of hydrogen-bond acceptors (Lipinski definition) is 3. The third-order valence-electron chi connectivity index (χ3n) is 2.67. The zero-order valence-corrected chi connectivity index (χ0v) is 11.9. The molecule has 114 valence electrons. The smallest absolute Gasteiger partial charge is 0.392 e. The van der Waals surface area contributed by atoms with Crippen molar-refractivity contribution in [2.45, 2.75) is 45.8 Å². The first-order chi connectivity index (χ1) is 9.44. The highest BCUT2D eigenvalue weighted by atomic mass is 19.4. The SMILES string of the molecule is CCCNCc1cc(CC)nc(OCCC(F)(F)F)c1. The Bertz CT molecular complexity index is 408. The summed E-state index contributed by atoms with van der Waals surface area (Å²) in [5, 5.41) is 3.25. The van der Waals surface area contributed by atoms with Crippen molar-refractivity contribution >= 4 is 0 Å². The van der Waals surface area contributed by atoms with Crippen LogP contribution in [0, 0.1) is 0 Å². The van der Waals surface area contributed by atoms with E-state index in [1.807, 2.05) is 13.0 Å². The minimum atomic E-state index is -4.20. The second-order valence-electron chi connectivity index (χ2n) is 4.55. The van der Waals surface area contributed by atoms with E-state index in [2.05, 4.69) is 17.2 Å². The lowest BCUT2D eigenvalue weighted by atomic mass is 10.2. The minimum absolute atomic E-state index is 0.266. The predicted molar refractivity (Wildman–Crippen MR) is 71.8 cm³/mol. The van der Waals surface area contributed by atoms with Gasteiger partial charge in [0, 0.05) is 18.3 Å². The molecular weight excluding hydrogens is 269 g/mol. The summed E-state index contributed by atoms with van der Waals surface area (Å²) in [7, 11) is 0. The Morgan fingerprint density at radius 3 is 2.60 bits per heavy atom. The van der Waals surface area contributed by atoms with E-state index in [1.54, 1.807) is 6.07 Å². The van der Waals surface area contributed by atoms with Gasteiger partial charge < -0.3 is 10.1 Å². The van der Waals surface area contributed by atoms with Gasteiger partial charge in [0.25, 0.3) is 0 Å². The van der Waals surface area contributed by atoms with Gasteiger partial charge >= 0.3 is 6.18 Å². The predicted octanol–water partition coefficient (Wildman–Crippen LogP) is 3.47. The molecule has 0 aliphatic heterocycles. The number of nitrogens with zero attached hydrogens (tertiary/aromatic N) is 1. The first kappa shape index (κ1) is 16.8. The minimum Gasteiger partial charge on any atom is -0.477 e. The average molecular weight is 290 g/mol. The zero-order valence-electron chi connectivity index (χ0n) is 11.9. The molecule has 0 aromatic carbocycles. The lowest BCUT2D eigenvalue weighted by Gasteiger charge is -2.11. The Hall–Kier alpha value is -1.30. The summed E-state index contributed by atoms with van der Waals surface area (Å²) in [6.45, 7) is 5.19. The Labute approximate surface area is 117 Å².